The molecule has 0 saturated carbocycles. The summed E-state index contributed by atoms with van der Waals surface area (Å²) in [4.78, 5) is 0. The van der Waals surface area contributed by atoms with Crippen molar-refractivity contribution in [1.29, 1.82) is 0 Å². The van der Waals surface area contributed by atoms with E-state index in [1.165, 1.54) is 12.1 Å². The van der Waals surface area contributed by atoms with Crippen molar-refractivity contribution in [2.75, 3.05) is 6.61 Å². The number of aliphatic hydroxyl groups excluding tert-OH is 1. The largest absolute Gasteiger partial charge is 0.491 e. The van der Waals surface area contributed by atoms with Crippen molar-refractivity contribution < 1.29 is 23.0 Å². The molecule has 0 amide bonds. The van der Waals surface area contributed by atoms with Gasteiger partial charge in [-0.25, -0.2) is 0 Å². The zero-order valence-electron chi connectivity index (χ0n) is 9.78. The van der Waals surface area contributed by atoms with E-state index in [0.29, 0.717) is 18.6 Å². The van der Waals surface area contributed by atoms with Gasteiger partial charge in [-0.2, -0.15) is 13.2 Å². The zero-order valence-corrected chi connectivity index (χ0v) is 9.78. The Kier molecular flexibility index (Phi) is 5.22. The van der Waals surface area contributed by atoms with Crippen LogP contribution in [0.4, 0.5) is 13.2 Å². The minimum atomic E-state index is -4.35. The second kappa shape index (κ2) is 6.44. The maximum Gasteiger partial charge on any atom is 0.416 e. The molecule has 1 aromatic rings. The van der Waals surface area contributed by atoms with Gasteiger partial charge < -0.3 is 9.84 Å². The van der Waals surface area contributed by atoms with Crippen molar-refractivity contribution in [2.45, 2.75) is 25.1 Å². The summed E-state index contributed by atoms with van der Waals surface area (Å²) in [7, 11) is 0. The van der Waals surface area contributed by atoms with Gasteiger partial charge in [0.1, 0.15) is 12.4 Å². The SMILES string of the molecule is C=CCC[C@H](O)COc1ccc(C(F)(F)F)cc1. The number of alkyl halides is 3. The molecule has 0 aliphatic rings. The van der Waals surface area contributed by atoms with Gasteiger partial charge in [0, 0.05) is 0 Å². The minimum absolute atomic E-state index is 0.0548. The molecular formula is C13H15F3O2. The number of allylic oxidation sites excluding steroid dienone is 1. The fourth-order valence-corrected chi connectivity index (χ4v) is 1.33. The highest BCUT2D eigenvalue weighted by Crippen LogP contribution is 2.30. The first kappa shape index (κ1) is 14.6. The Balaban J connectivity index is 2.46. The summed E-state index contributed by atoms with van der Waals surface area (Å²) in [5, 5.41) is 9.47. The Morgan fingerprint density at radius 3 is 2.39 bits per heavy atom. The highest BCUT2D eigenvalue weighted by atomic mass is 19.4. The number of benzene rings is 1. The van der Waals surface area contributed by atoms with Crippen molar-refractivity contribution in [3.63, 3.8) is 0 Å². The molecule has 0 unspecified atom stereocenters. The normalized spacial score (nSPS) is 13.1. The van der Waals surface area contributed by atoms with Gasteiger partial charge in [-0.3, -0.25) is 0 Å². The summed E-state index contributed by atoms with van der Waals surface area (Å²) in [6.45, 7) is 3.58. The number of aliphatic hydroxyl groups is 1. The van der Waals surface area contributed by atoms with Crippen molar-refractivity contribution in [2.24, 2.45) is 0 Å². The lowest BCUT2D eigenvalue weighted by atomic mass is 10.2. The monoisotopic (exact) mass is 260 g/mol. The molecule has 0 fully saturated rings. The van der Waals surface area contributed by atoms with Crippen LogP contribution in [0.25, 0.3) is 0 Å². The lowest BCUT2D eigenvalue weighted by Crippen LogP contribution is -2.17. The second-order valence-corrected chi connectivity index (χ2v) is 3.85. The molecule has 1 rings (SSSR count). The van der Waals surface area contributed by atoms with Gasteiger partial charge in [0.2, 0.25) is 0 Å². The maximum absolute atomic E-state index is 12.3. The summed E-state index contributed by atoms with van der Waals surface area (Å²) in [6, 6.07) is 4.38. The molecule has 100 valence electrons. The number of hydrogen-bond acceptors (Lipinski definition) is 2. The van der Waals surface area contributed by atoms with E-state index in [9.17, 15) is 18.3 Å². The third kappa shape index (κ3) is 4.79. The van der Waals surface area contributed by atoms with E-state index in [0.717, 1.165) is 12.1 Å². The van der Waals surface area contributed by atoms with Crippen LogP contribution in [0.15, 0.2) is 36.9 Å². The van der Waals surface area contributed by atoms with E-state index in [-0.39, 0.29) is 6.61 Å². The molecular weight excluding hydrogens is 245 g/mol. The molecule has 2 nitrogen and oxygen atoms in total. The average molecular weight is 260 g/mol. The number of rotatable bonds is 6. The Labute approximate surface area is 104 Å². The van der Waals surface area contributed by atoms with Crippen LogP contribution in [0.2, 0.25) is 0 Å². The summed E-state index contributed by atoms with van der Waals surface area (Å²) in [6.07, 6.45) is -2.13. The van der Waals surface area contributed by atoms with Crippen molar-refractivity contribution >= 4 is 0 Å². The fourth-order valence-electron chi connectivity index (χ4n) is 1.33. The average Bonchev–Trinajstić information content (AvgIpc) is 2.33. The van der Waals surface area contributed by atoms with Crippen LogP contribution < -0.4 is 4.74 Å². The topological polar surface area (TPSA) is 29.5 Å². The van der Waals surface area contributed by atoms with E-state index < -0.39 is 17.8 Å². The van der Waals surface area contributed by atoms with Gasteiger partial charge >= 0.3 is 6.18 Å². The predicted molar refractivity (Wildman–Crippen MR) is 62.4 cm³/mol. The number of ether oxygens (including phenoxy) is 1. The Morgan fingerprint density at radius 2 is 1.89 bits per heavy atom. The van der Waals surface area contributed by atoms with Crippen LogP contribution in [0, 0.1) is 0 Å². The summed E-state index contributed by atoms with van der Waals surface area (Å²) >= 11 is 0. The molecule has 0 radical (unpaired) electrons. The Bertz CT molecular complexity index is 371. The van der Waals surface area contributed by atoms with E-state index in [1.54, 1.807) is 6.08 Å². The van der Waals surface area contributed by atoms with Crippen LogP contribution in [0.5, 0.6) is 5.75 Å². The first-order valence-corrected chi connectivity index (χ1v) is 5.52. The van der Waals surface area contributed by atoms with Crippen molar-refractivity contribution in [1.82, 2.24) is 0 Å². The zero-order chi connectivity index (χ0) is 13.6. The molecule has 0 aromatic heterocycles. The van der Waals surface area contributed by atoms with Gasteiger partial charge in [0.25, 0.3) is 0 Å². The van der Waals surface area contributed by atoms with E-state index >= 15 is 0 Å². The molecule has 0 aliphatic carbocycles. The minimum Gasteiger partial charge on any atom is -0.491 e. The molecule has 0 heterocycles. The van der Waals surface area contributed by atoms with Crippen LogP contribution >= 0.6 is 0 Å². The van der Waals surface area contributed by atoms with Crippen molar-refractivity contribution in [3.05, 3.63) is 42.5 Å². The Morgan fingerprint density at radius 1 is 1.28 bits per heavy atom. The predicted octanol–water partition coefficient (Wildman–Crippen LogP) is 3.41. The number of hydrogen-bond donors (Lipinski definition) is 1. The summed E-state index contributed by atoms with van der Waals surface area (Å²) in [5.74, 6) is 0.306. The van der Waals surface area contributed by atoms with Crippen LogP contribution in [-0.4, -0.2) is 17.8 Å². The molecule has 1 aromatic carbocycles. The fraction of sp³-hybridized carbons (Fsp3) is 0.385. The molecule has 0 aliphatic heterocycles. The molecule has 18 heavy (non-hydrogen) atoms. The Hall–Kier alpha value is -1.49. The van der Waals surface area contributed by atoms with Gasteiger partial charge in [0.05, 0.1) is 11.7 Å². The van der Waals surface area contributed by atoms with E-state index in [1.807, 2.05) is 0 Å². The summed E-state index contributed by atoms with van der Waals surface area (Å²) in [5.41, 5.74) is -0.720. The van der Waals surface area contributed by atoms with Crippen molar-refractivity contribution in [3.8, 4) is 5.75 Å². The lowest BCUT2D eigenvalue weighted by molar-refractivity contribution is -0.137. The van der Waals surface area contributed by atoms with E-state index in [2.05, 4.69) is 6.58 Å². The first-order valence-electron chi connectivity index (χ1n) is 5.52. The van der Waals surface area contributed by atoms with Gasteiger partial charge in [0.15, 0.2) is 0 Å². The second-order valence-electron chi connectivity index (χ2n) is 3.85. The van der Waals surface area contributed by atoms with Gasteiger partial charge in [-0.05, 0) is 37.1 Å². The van der Waals surface area contributed by atoms with Gasteiger partial charge in [-0.15, -0.1) is 6.58 Å². The molecule has 0 spiro atoms. The number of halogens is 3. The van der Waals surface area contributed by atoms with Crippen LogP contribution in [0.1, 0.15) is 18.4 Å². The lowest BCUT2D eigenvalue weighted by Gasteiger charge is -2.12. The van der Waals surface area contributed by atoms with Gasteiger partial charge in [-0.1, -0.05) is 6.08 Å². The van der Waals surface area contributed by atoms with E-state index in [4.69, 9.17) is 4.74 Å². The molecule has 1 atom stereocenters. The third-order valence-corrected chi connectivity index (χ3v) is 2.33. The molecule has 0 saturated heterocycles. The van der Waals surface area contributed by atoms with Crippen LogP contribution in [0.3, 0.4) is 0 Å². The third-order valence-electron chi connectivity index (χ3n) is 2.33. The molecule has 5 heteroatoms. The quantitative estimate of drug-likeness (QED) is 0.794. The first-order chi connectivity index (χ1) is 8.43. The van der Waals surface area contributed by atoms with Crippen LogP contribution in [-0.2, 0) is 6.18 Å². The standard InChI is InChI=1S/C13H15F3O2/c1-2-3-4-11(17)9-18-12-7-5-10(6-8-12)13(14,15)16/h2,5-8,11,17H,1,3-4,9H2/t11-/m0/s1. The maximum atomic E-state index is 12.3. The molecule has 0 bridgehead atoms. The highest BCUT2D eigenvalue weighted by molar-refractivity contribution is 5.28. The highest BCUT2D eigenvalue weighted by Gasteiger charge is 2.29. The smallest absolute Gasteiger partial charge is 0.416 e. The molecule has 1 N–H and O–H groups in total. The summed E-state index contributed by atoms with van der Waals surface area (Å²) < 4.78 is 42.0.